The Labute approximate surface area is 148 Å². The molecule has 1 unspecified atom stereocenters. The molecule has 6 nitrogen and oxygen atoms in total. The molecule has 0 spiro atoms. The predicted molar refractivity (Wildman–Crippen MR) is 94.4 cm³/mol. The molecule has 25 heavy (non-hydrogen) atoms. The van der Waals surface area contributed by atoms with Gasteiger partial charge in [-0.3, -0.25) is 9.59 Å². The number of carboxylic acids is 1. The van der Waals surface area contributed by atoms with E-state index < -0.39 is 11.5 Å². The first-order chi connectivity index (χ1) is 11.6. The average molecular weight is 346 g/mol. The van der Waals surface area contributed by atoms with E-state index in [-0.39, 0.29) is 17.7 Å². The number of hydrogen-bond acceptors (Lipinski definition) is 3. The number of likely N-dealkylation sites (tertiary alicyclic amines) is 1. The molecule has 0 aliphatic carbocycles. The van der Waals surface area contributed by atoms with Gasteiger partial charge in [-0.05, 0) is 52.7 Å². The first-order valence-electron chi connectivity index (χ1n) is 8.53. The summed E-state index contributed by atoms with van der Waals surface area (Å²) in [5.41, 5.74) is 1.36. The molecule has 2 amide bonds. The topological polar surface area (TPSA) is 86.7 Å². The van der Waals surface area contributed by atoms with E-state index in [9.17, 15) is 14.4 Å². The van der Waals surface area contributed by atoms with Gasteiger partial charge < -0.3 is 15.3 Å². The molecule has 136 valence electrons. The predicted octanol–water partition coefficient (Wildman–Crippen LogP) is 2.14. The molecule has 2 rings (SSSR count). The van der Waals surface area contributed by atoms with E-state index in [1.54, 1.807) is 4.90 Å². The van der Waals surface area contributed by atoms with Crippen molar-refractivity contribution in [3.8, 4) is 0 Å². The lowest BCUT2D eigenvalue weighted by Gasteiger charge is -2.33. The van der Waals surface area contributed by atoms with Gasteiger partial charge in [0.2, 0.25) is 5.91 Å². The maximum atomic E-state index is 12.8. The number of benzene rings is 1. The number of carbonyl (C=O) groups is 3. The van der Waals surface area contributed by atoms with Crippen molar-refractivity contribution in [2.24, 2.45) is 5.92 Å². The van der Waals surface area contributed by atoms with E-state index in [1.165, 1.54) is 13.8 Å². The quantitative estimate of drug-likeness (QED) is 0.874. The summed E-state index contributed by atoms with van der Waals surface area (Å²) in [6, 6.07) is 5.72. The fourth-order valence-corrected chi connectivity index (χ4v) is 3.12. The number of aliphatic carboxylic acids is 1. The molecule has 1 fully saturated rings. The number of carbonyl (C=O) groups excluding carboxylic acids is 2. The van der Waals surface area contributed by atoms with Gasteiger partial charge in [-0.1, -0.05) is 17.2 Å². The van der Waals surface area contributed by atoms with Crippen molar-refractivity contribution in [1.29, 1.82) is 0 Å². The van der Waals surface area contributed by atoms with Crippen molar-refractivity contribution < 1.29 is 19.5 Å². The molecule has 1 heterocycles. The summed E-state index contributed by atoms with van der Waals surface area (Å²) in [5, 5.41) is 11.7. The highest BCUT2D eigenvalue weighted by Gasteiger charge is 2.34. The van der Waals surface area contributed by atoms with Gasteiger partial charge in [0, 0.05) is 18.7 Å². The average Bonchev–Trinajstić information content (AvgIpc) is 2.52. The van der Waals surface area contributed by atoms with Gasteiger partial charge >= 0.3 is 5.97 Å². The standard InChI is InChI=1S/C19H26N2O4/c1-12-8-13(2)10-15(9-12)17(23)21-7-5-6-14(11-21)16(22)20-19(3,4)18(24)25/h8-10,14H,5-7,11H2,1-4H3,(H,20,22)(H,24,25). The van der Waals surface area contributed by atoms with E-state index in [4.69, 9.17) is 5.11 Å². The van der Waals surface area contributed by atoms with Gasteiger partial charge in [0.25, 0.3) is 5.91 Å². The monoisotopic (exact) mass is 346 g/mol. The maximum absolute atomic E-state index is 12.8. The summed E-state index contributed by atoms with van der Waals surface area (Å²) in [7, 11) is 0. The molecule has 1 aliphatic heterocycles. The van der Waals surface area contributed by atoms with Crippen molar-refractivity contribution in [2.45, 2.75) is 46.1 Å². The summed E-state index contributed by atoms with van der Waals surface area (Å²) >= 11 is 0. The summed E-state index contributed by atoms with van der Waals surface area (Å²) < 4.78 is 0. The number of hydrogen-bond donors (Lipinski definition) is 2. The van der Waals surface area contributed by atoms with Crippen molar-refractivity contribution in [3.05, 3.63) is 34.9 Å². The molecule has 1 saturated heterocycles. The lowest BCUT2D eigenvalue weighted by Crippen LogP contribution is -2.54. The van der Waals surface area contributed by atoms with Crippen molar-refractivity contribution in [1.82, 2.24) is 10.2 Å². The van der Waals surface area contributed by atoms with Crippen molar-refractivity contribution in [2.75, 3.05) is 13.1 Å². The highest BCUT2D eigenvalue weighted by Crippen LogP contribution is 2.21. The number of nitrogens with zero attached hydrogens (tertiary/aromatic N) is 1. The van der Waals surface area contributed by atoms with Crippen LogP contribution in [0.5, 0.6) is 0 Å². The van der Waals surface area contributed by atoms with Crippen molar-refractivity contribution >= 4 is 17.8 Å². The minimum absolute atomic E-state index is 0.0817. The fraction of sp³-hybridized carbons (Fsp3) is 0.526. The highest BCUT2D eigenvalue weighted by atomic mass is 16.4. The van der Waals surface area contributed by atoms with Gasteiger partial charge in [-0.15, -0.1) is 0 Å². The fourth-order valence-electron chi connectivity index (χ4n) is 3.12. The van der Waals surface area contributed by atoms with Crippen LogP contribution in [0.2, 0.25) is 0 Å². The minimum Gasteiger partial charge on any atom is -0.480 e. The number of carboxylic acid groups (broad SMARTS) is 1. The first kappa shape index (κ1) is 19.0. The lowest BCUT2D eigenvalue weighted by molar-refractivity contribution is -0.147. The third kappa shape index (κ3) is 4.59. The van der Waals surface area contributed by atoms with Gasteiger partial charge in [0.1, 0.15) is 5.54 Å². The second-order valence-corrected chi connectivity index (χ2v) is 7.39. The van der Waals surface area contributed by atoms with E-state index >= 15 is 0 Å². The molecule has 1 aromatic rings. The van der Waals surface area contributed by atoms with Gasteiger partial charge in [0.05, 0.1) is 5.92 Å². The Hall–Kier alpha value is -2.37. The Morgan fingerprint density at radius 3 is 2.32 bits per heavy atom. The van der Waals surface area contributed by atoms with E-state index in [0.29, 0.717) is 25.1 Å². The summed E-state index contributed by atoms with van der Waals surface area (Å²) in [5.74, 6) is -1.87. The Morgan fingerprint density at radius 1 is 1.16 bits per heavy atom. The normalized spacial score (nSPS) is 17.9. The molecular weight excluding hydrogens is 320 g/mol. The Bertz CT molecular complexity index is 676. The molecular formula is C19H26N2O4. The molecule has 1 aromatic carbocycles. The summed E-state index contributed by atoms with van der Waals surface area (Å²) in [4.78, 5) is 38.1. The van der Waals surface area contributed by atoms with Crippen LogP contribution >= 0.6 is 0 Å². The van der Waals surface area contributed by atoms with Gasteiger partial charge in [0.15, 0.2) is 0 Å². The molecule has 1 atom stereocenters. The number of rotatable bonds is 4. The number of piperidine rings is 1. The second-order valence-electron chi connectivity index (χ2n) is 7.39. The third-order valence-corrected chi connectivity index (χ3v) is 4.52. The zero-order chi connectivity index (χ0) is 18.8. The maximum Gasteiger partial charge on any atom is 0.328 e. The molecule has 0 bridgehead atoms. The van der Waals surface area contributed by atoms with Gasteiger partial charge in [-0.2, -0.15) is 0 Å². The number of amides is 2. The lowest BCUT2D eigenvalue weighted by atomic mass is 9.94. The molecule has 0 saturated carbocycles. The smallest absolute Gasteiger partial charge is 0.328 e. The van der Waals surface area contributed by atoms with E-state index in [1.807, 2.05) is 32.0 Å². The first-order valence-corrected chi connectivity index (χ1v) is 8.53. The van der Waals surface area contributed by atoms with Crippen LogP contribution in [0.15, 0.2) is 18.2 Å². The molecule has 0 radical (unpaired) electrons. The van der Waals surface area contributed by atoms with Crippen LogP contribution in [-0.4, -0.2) is 46.4 Å². The molecule has 6 heteroatoms. The minimum atomic E-state index is -1.32. The van der Waals surface area contributed by atoms with Crippen LogP contribution in [-0.2, 0) is 9.59 Å². The molecule has 0 aromatic heterocycles. The Morgan fingerprint density at radius 2 is 1.76 bits per heavy atom. The Kier molecular flexibility index (Phi) is 5.50. The highest BCUT2D eigenvalue weighted by molar-refractivity contribution is 5.95. The van der Waals surface area contributed by atoms with Crippen LogP contribution in [0.4, 0.5) is 0 Å². The number of aryl methyl sites for hydroxylation is 2. The zero-order valence-corrected chi connectivity index (χ0v) is 15.3. The zero-order valence-electron chi connectivity index (χ0n) is 15.3. The second kappa shape index (κ2) is 7.25. The number of nitrogens with one attached hydrogen (secondary N) is 1. The van der Waals surface area contributed by atoms with Crippen LogP contribution in [0.25, 0.3) is 0 Å². The van der Waals surface area contributed by atoms with Crippen LogP contribution in [0.1, 0.15) is 48.2 Å². The third-order valence-electron chi connectivity index (χ3n) is 4.52. The SMILES string of the molecule is Cc1cc(C)cc(C(=O)N2CCCC(C(=O)NC(C)(C)C(=O)O)C2)c1. The van der Waals surface area contributed by atoms with Crippen molar-refractivity contribution in [3.63, 3.8) is 0 Å². The van der Waals surface area contributed by atoms with E-state index in [2.05, 4.69) is 5.32 Å². The van der Waals surface area contributed by atoms with Crippen LogP contribution in [0.3, 0.4) is 0 Å². The Balaban J connectivity index is 2.08. The molecule has 1 aliphatic rings. The van der Waals surface area contributed by atoms with Gasteiger partial charge in [-0.25, -0.2) is 4.79 Å². The van der Waals surface area contributed by atoms with Crippen LogP contribution < -0.4 is 5.32 Å². The summed E-state index contributed by atoms with van der Waals surface area (Å²) in [6.07, 6.45) is 1.38. The largest absolute Gasteiger partial charge is 0.480 e. The summed E-state index contributed by atoms with van der Waals surface area (Å²) in [6.45, 7) is 7.72. The van der Waals surface area contributed by atoms with E-state index in [0.717, 1.165) is 17.5 Å². The molecule has 2 N–H and O–H groups in total. The van der Waals surface area contributed by atoms with Crippen LogP contribution in [0, 0.1) is 19.8 Å².